The van der Waals surface area contributed by atoms with E-state index in [4.69, 9.17) is 0 Å². The number of nitrogens with zero attached hydrogens (tertiary/aromatic N) is 1. The Labute approximate surface area is 114 Å². The van der Waals surface area contributed by atoms with Gasteiger partial charge in [-0.2, -0.15) is 0 Å². The summed E-state index contributed by atoms with van der Waals surface area (Å²) < 4.78 is 0. The van der Waals surface area contributed by atoms with E-state index < -0.39 is 0 Å². The molecule has 0 radical (unpaired) electrons. The van der Waals surface area contributed by atoms with Crippen molar-refractivity contribution in [2.45, 2.75) is 46.1 Å². The van der Waals surface area contributed by atoms with Gasteiger partial charge in [0, 0.05) is 17.5 Å². The third-order valence-electron chi connectivity index (χ3n) is 3.55. The first-order chi connectivity index (χ1) is 8.60. The van der Waals surface area contributed by atoms with Crippen molar-refractivity contribution >= 4 is 17.1 Å². The highest BCUT2D eigenvalue weighted by atomic mass is 32.1. The average molecular weight is 265 g/mol. The molecule has 0 aromatic carbocycles. The van der Waals surface area contributed by atoms with Crippen molar-refractivity contribution in [1.82, 2.24) is 4.90 Å². The van der Waals surface area contributed by atoms with Gasteiger partial charge in [0.15, 0.2) is 5.78 Å². The normalized spacial score (nSPS) is 15.6. The smallest absolute Gasteiger partial charge is 0.186 e. The lowest BCUT2D eigenvalue weighted by Crippen LogP contribution is -2.37. The van der Waals surface area contributed by atoms with E-state index in [2.05, 4.69) is 31.7 Å². The molecule has 0 bridgehead atoms. The Morgan fingerprint density at radius 2 is 2.17 bits per heavy atom. The van der Waals surface area contributed by atoms with E-state index in [1.807, 2.05) is 6.07 Å². The van der Waals surface area contributed by atoms with Crippen molar-refractivity contribution in [3.05, 3.63) is 21.9 Å². The van der Waals surface area contributed by atoms with E-state index >= 15 is 0 Å². The number of carbonyl (C=O) groups is 1. The van der Waals surface area contributed by atoms with Gasteiger partial charge < -0.3 is 0 Å². The SMILES string of the molecule is CCc1ccc(C(=O)CN(CC2CC2)C(C)C)s1. The predicted octanol–water partition coefficient (Wildman–Crippen LogP) is 3.61. The molecule has 0 saturated heterocycles. The van der Waals surface area contributed by atoms with Crippen LogP contribution >= 0.6 is 11.3 Å². The fourth-order valence-electron chi connectivity index (χ4n) is 2.07. The minimum absolute atomic E-state index is 0.286. The summed E-state index contributed by atoms with van der Waals surface area (Å²) >= 11 is 1.65. The summed E-state index contributed by atoms with van der Waals surface area (Å²) in [6, 6.07) is 4.53. The van der Waals surface area contributed by atoms with Gasteiger partial charge in [-0.05, 0) is 51.2 Å². The van der Waals surface area contributed by atoms with Crippen molar-refractivity contribution in [1.29, 1.82) is 0 Å². The molecule has 0 spiro atoms. The van der Waals surface area contributed by atoms with E-state index in [0.717, 1.165) is 23.8 Å². The van der Waals surface area contributed by atoms with Crippen LogP contribution in [0.4, 0.5) is 0 Å². The first-order valence-electron chi connectivity index (χ1n) is 6.96. The van der Waals surface area contributed by atoms with Gasteiger partial charge in [0.2, 0.25) is 0 Å². The fourth-order valence-corrected chi connectivity index (χ4v) is 2.95. The number of rotatable bonds is 7. The molecule has 0 atom stereocenters. The Kier molecular flexibility index (Phi) is 4.57. The van der Waals surface area contributed by atoms with Crippen LogP contribution < -0.4 is 0 Å². The highest BCUT2D eigenvalue weighted by Crippen LogP contribution is 2.30. The van der Waals surface area contributed by atoms with Crippen LogP contribution in [0.5, 0.6) is 0 Å². The first kappa shape index (κ1) is 13.8. The molecule has 1 aliphatic rings. The van der Waals surface area contributed by atoms with Crippen molar-refractivity contribution in [2.24, 2.45) is 5.92 Å². The number of hydrogen-bond donors (Lipinski definition) is 0. The molecule has 2 rings (SSSR count). The average Bonchev–Trinajstić information content (AvgIpc) is 3.02. The Hall–Kier alpha value is -0.670. The minimum atomic E-state index is 0.286. The van der Waals surface area contributed by atoms with Crippen LogP contribution in [0.2, 0.25) is 0 Å². The summed E-state index contributed by atoms with van der Waals surface area (Å²) in [5.74, 6) is 1.13. The molecular weight excluding hydrogens is 242 g/mol. The maximum absolute atomic E-state index is 12.3. The van der Waals surface area contributed by atoms with Crippen LogP contribution in [-0.2, 0) is 6.42 Å². The zero-order valence-corrected chi connectivity index (χ0v) is 12.4. The topological polar surface area (TPSA) is 20.3 Å². The molecule has 1 heterocycles. The lowest BCUT2D eigenvalue weighted by atomic mass is 10.2. The number of carbonyl (C=O) groups excluding carboxylic acids is 1. The maximum Gasteiger partial charge on any atom is 0.186 e. The molecule has 1 aliphatic carbocycles. The monoisotopic (exact) mass is 265 g/mol. The van der Waals surface area contributed by atoms with Gasteiger partial charge in [-0.25, -0.2) is 0 Å². The second-order valence-corrected chi connectivity index (χ2v) is 6.68. The molecule has 1 fully saturated rings. The highest BCUT2D eigenvalue weighted by Gasteiger charge is 2.26. The molecule has 0 unspecified atom stereocenters. The second kappa shape index (κ2) is 5.98. The van der Waals surface area contributed by atoms with Crippen LogP contribution in [0.3, 0.4) is 0 Å². The molecule has 1 saturated carbocycles. The lowest BCUT2D eigenvalue weighted by Gasteiger charge is -2.25. The molecule has 0 amide bonds. The van der Waals surface area contributed by atoms with E-state index in [-0.39, 0.29) is 5.78 Å². The molecule has 100 valence electrons. The van der Waals surface area contributed by atoms with E-state index in [1.165, 1.54) is 17.7 Å². The largest absolute Gasteiger partial charge is 0.293 e. The lowest BCUT2D eigenvalue weighted by molar-refractivity contribution is 0.0905. The summed E-state index contributed by atoms with van der Waals surface area (Å²) in [6.45, 7) is 8.17. The number of aryl methyl sites for hydroxylation is 1. The number of Topliss-reactive ketones (excluding diaryl/α,β-unsaturated/α-hetero) is 1. The van der Waals surface area contributed by atoms with Gasteiger partial charge >= 0.3 is 0 Å². The van der Waals surface area contributed by atoms with Crippen molar-refractivity contribution < 1.29 is 4.79 Å². The molecular formula is C15H23NOS. The summed E-state index contributed by atoms with van der Waals surface area (Å²) in [7, 11) is 0. The maximum atomic E-state index is 12.3. The zero-order valence-electron chi connectivity index (χ0n) is 11.6. The number of hydrogen-bond acceptors (Lipinski definition) is 3. The number of ketones is 1. The van der Waals surface area contributed by atoms with Crippen molar-refractivity contribution in [2.75, 3.05) is 13.1 Å². The molecule has 0 aliphatic heterocycles. The molecule has 1 aromatic heterocycles. The van der Waals surface area contributed by atoms with Crippen molar-refractivity contribution in [3.8, 4) is 0 Å². The van der Waals surface area contributed by atoms with Crippen LogP contribution in [0, 0.1) is 5.92 Å². The summed E-state index contributed by atoms with van der Waals surface area (Å²) in [4.78, 5) is 16.8. The Morgan fingerprint density at radius 1 is 1.44 bits per heavy atom. The van der Waals surface area contributed by atoms with E-state index in [9.17, 15) is 4.79 Å². The molecule has 1 aromatic rings. The van der Waals surface area contributed by atoms with Gasteiger partial charge in [-0.3, -0.25) is 9.69 Å². The van der Waals surface area contributed by atoms with Gasteiger partial charge in [0.05, 0.1) is 11.4 Å². The predicted molar refractivity (Wildman–Crippen MR) is 77.5 cm³/mol. The number of thiophene rings is 1. The van der Waals surface area contributed by atoms with Gasteiger partial charge in [0.1, 0.15) is 0 Å². The van der Waals surface area contributed by atoms with Crippen molar-refractivity contribution in [3.63, 3.8) is 0 Å². The van der Waals surface area contributed by atoms with Gasteiger partial charge in [0.25, 0.3) is 0 Å². The van der Waals surface area contributed by atoms with Crippen LogP contribution in [-0.4, -0.2) is 29.8 Å². The van der Waals surface area contributed by atoms with Crippen LogP contribution in [0.1, 0.15) is 48.2 Å². The summed E-state index contributed by atoms with van der Waals surface area (Å²) in [5.41, 5.74) is 0. The summed E-state index contributed by atoms with van der Waals surface area (Å²) in [6.07, 6.45) is 3.71. The summed E-state index contributed by atoms with van der Waals surface area (Å²) in [5, 5.41) is 0. The van der Waals surface area contributed by atoms with Gasteiger partial charge in [-0.15, -0.1) is 11.3 Å². The first-order valence-corrected chi connectivity index (χ1v) is 7.77. The molecule has 2 nitrogen and oxygen atoms in total. The van der Waals surface area contributed by atoms with E-state index in [0.29, 0.717) is 12.6 Å². The Bertz CT molecular complexity index is 406. The highest BCUT2D eigenvalue weighted by molar-refractivity contribution is 7.14. The zero-order chi connectivity index (χ0) is 13.1. The second-order valence-electron chi connectivity index (χ2n) is 5.51. The third-order valence-corrected chi connectivity index (χ3v) is 4.82. The molecule has 0 N–H and O–H groups in total. The third kappa shape index (κ3) is 3.66. The van der Waals surface area contributed by atoms with Gasteiger partial charge in [-0.1, -0.05) is 6.92 Å². The Balaban J connectivity index is 1.94. The van der Waals surface area contributed by atoms with Crippen LogP contribution in [0.15, 0.2) is 12.1 Å². The van der Waals surface area contributed by atoms with E-state index in [1.54, 1.807) is 11.3 Å². The standard InChI is InChI=1S/C15H23NOS/c1-4-13-7-8-15(18-13)14(17)10-16(11(2)3)9-12-5-6-12/h7-8,11-12H,4-6,9-10H2,1-3H3. The minimum Gasteiger partial charge on any atom is -0.293 e. The Morgan fingerprint density at radius 3 is 2.67 bits per heavy atom. The van der Waals surface area contributed by atoms with Crippen LogP contribution in [0.25, 0.3) is 0 Å². The molecule has 18 heavy (non-hydrogen) atoms. The fraction of sp³-hybridized carbons (Fsp3) is 0.667. The molecule has 3 heteroatoms. The quantitative estimate of drug-likeness (QED) is 0.702.